The summed E-state index contributed by atoms with van der Waals surface area (Å²) in [4.78, 5) is 20.9. The van der Waals surface area contributed by atoms with Gasteiger partial charge in [0.2, 0.25) is 5.91 Å². The molecule has 2 saturated heterocycles. The predicted octanol–water partition coefficient (Wildman–Crippen LogP) is 4.78. The standard InChI is InChI=1S/C29H45N3O/c1-21(2)31-16-14-30(15-17-31)20-28-26-9-8-25(18-26)27(28)19-29(33)32-12-10-24(11-13-32)23-6-4-22(3)5-7-23/h4-7,21,24-28H,8-20H2,1-3H3/t25-,26?,27?,28?/m0/s1. The van der Waals surface area contributed by atoms with E-state index in [2.05, 4.69) is 59.7 Å². The van der Waals surface area contributed by atoms with E-state index in [0.717, 1.165) is 50.1 Å². The number of piperidine rings is 1. The van der Waals surface area contributed by atoms with Crippen LogP contribution >= 0.6 is 0 Å². The first-order valence-corrected chi connectivity index (χ1v) is 13.8. The summed E-state index contributed by atoms with van der Waals surface area (Å²) in [6.07, 6.45) is 7.23. The zero-order chi connectivity index (χ0) is 22.9. The van der Waals surface area contributed by atoms with Gasteiger partial charge < -0.3 is 9.80 Å². The number of likely N-dealkylation sites (tertiary alicyclic amines) is 1. The molecule has 1 amide bonds. The van der Waals surface area contributed by atoms with Gasteiger partial charge in [-0.3, -0.25) is 9.69 Å². The van der Waals surface area contributed by atoms with E-state index in [0.29, 0.717) is 23.8 Å². The molecule has 1 aromatic rings. The van der Waals surface area contributed by atoms with Gasteiger partial charge in [-0.15, -0.1) is 0 Å². The number of hydrogen-bond acceptors (Lipinski definition) is 3. The lowest BCUT2D eigenvalue weighted by molar-refractivity contribution is -0.134. The molecule has 4 aliphatic rings. The largest absolute Gasteiger partial charge is 0.343 e. The zero-order valence-electron chi connectivity index (χ0n) is 21.2. The summed E-state index contributed by atoms with van der Waals surface area (Å²) < 4.78 is 0. The summed E-state index contributed by atoms with van der Waals surface area (Å²) in [5.41, 5.74) is 2.78. The molecule has 0 N–H and O–H groups in total. The molecule has 2 aliphatic heterocycles. The van der Waals surface area contributed by atoms with Crippen LogP contribution in [0.25, 0.3) is 0 Å². The third-order valence-corrected chi connectivity index (χ3v) is 9.69. The van der Waals surface area contributed by atoms with Crippen LogP contribution < -0.4 is 0 Å². The highest BCUT2D eigenvalue weighted by molar-refractivity contribution is 5.76. The maximum Gasteiger partial charge on any atom is 0.222 e. The fourth-order valence-electron chi connectivity index (χ4n) is 7.52. The lowest BCUT2D eigenvalue weighted by Gasteiger charge is -2.41. The van der Waals surface area contributed by atoms with Crippen molar-refractivity contribution in [1.82, 2.24) is 14.7 Å². The second-order valence-electron chi connectivity index (χ2n) is 11.9. The van der Waals surface area contributed by atoms with E-state index in [9.17, 15) is 4.79 Å². The first-order valence-electron chi connectivity index (χ1n) is 13.8. The molecule has 0 radical (unpaired) electrons. The average Bonchev–Trinajstić information content (AvgIpc) is 3.43. The number of benzene rings is 1. The van der Waals surface area contributed by atoms with Gasteiger partial charge in [-0.05, 0) is 88.0 Å². The third kappa shape index (κ3) is 5.17. The highest BCUT2D eigenvalue weighted by atomic mass is 16.2. The Balaban J connectivity index is 1.14. The van der Waals surface area contributed by atoms with Gasteiger partial charge in [0.1, 0.15) is 0 Å². The second-order valence-corrected chi connectivity index (χ2v) is 11.9. The van der Waals surface area contributed by atoms with Crippen molar-refractivity contribution < 1.29 is 4.79 Å². The van der Waals surface area contributed by atoms with Crippen LogP contribution in [0.3, 0.4) is 0 Å². The molecule has 182 valence electrons. The Bertz CT molecular complexity index is 790. The van der Waals surface area contributed by atoms with Gasteiger partial charge in [-0.25, -0.2) is 0 Å². The number of rotatable bonds is 6. The Morgan fingerprint density at radius 2 is 1.52 bits per heavy atom. The minimum absolute atomic E-state index is 0.449. The second kappa shape index (κ2) is 10.1. The van der Waals surface area contributed by atoms with Crippen LogP contribution in [0, 0.1) is 30.6 Å². The lowest BCUT2D eigenvalue weighted by atomic mass is 9.76. The van der Waals surface area contributed by atoms with E-state index in [-0.39, 0.29) is 0 Å². The number of carbonyl (C=O) groups excluding carboxylic acids is 1. The summed E-state index contributed by atoms with van der Waals surface area (Å²) in [5, 5.41) is 0. The van der Waals surface area contributed by atoms with Crippen LogP contribution in [-0.4, -0.2) is 72.5 Å². The van der Waals surface area contributed by atoms with Crippen molar-refractivity contribution in [2.75, 3.05) is 45.8 Å². The molecule has 4 fully saturated rings. The van der Waals surface area contributed by atoms with Gasteiger partial charge in [0.15, 0.2) is 0 Å². The quantitative estimate of drug-likeness (QED) is 0.623. The highest BCUT2D eigenvalue weighted by Gasteiger charge is 2.48. The van der Waals surface area contributed by atoms with Crippen LogP contribution in [-0.2, 0) is 4.79 Å². The normalized spacial score (nSPS) is 31.6. The predicted molar refractivity (Wildman–Crippen MR) is 135 cm³/mol. The zero-order valence-corrected chi connectivity index (χ0v) is 21.2. The van der Waals surface area contributed by atoms with Crippen LogP contribution in [0.1, 0.15) is 69.4 Å². The molecular formula is C29H45N3O. The van der Waals surface area contributed by atoms with E-state index in [1.54, 1.807) is 0 Å². The number of aryl methyl sites for hydroxylation is 1. The fraction of sp³-hybridized carbons (Fsp3) is 0.759. The van der Waals surface area contributed by atoms with Crippen molar-refractivity contribution in [2.45, 2.75) is 71.3 Å². The van der Waals surface area contributed by atoms with Gasteiger partial charge in [0, 0.05) is 58.3 Å². The number of carbonyl (C=O) groups is 1. The molecule has 5 rings (SSSR count). The molecule has 0 aromatic heterocycles. The molecule has 0 spiro atoms. The smallest absolute Gasteiger partial charge is 0.222 e. The van der Waals surface area contributed by atoms with Gasteiger partial charge in [0.25, 0.3) is 0 Å². The van der Waals surface area contributed by atoms with Crippen LogP contribution in [0.5, 0.6) is 0 Å². The molecular weight excluding hydrogens is 406 g/mol. The first kappa shape index (κ1) is 23.4. The third-order valence-electron chi connectivity index (χ3n) is 9.69. The van der Waals surface area contributed by atoms with E-state index in [1.807, 2.05) is 0 Å². The minimum Gasteiger partial charge on any atom is -0.343 e. The fourth-order valence-corrected chi connectivity index (χ4v) is 7.52. The van der Waals surface area contributed by atoms with E-state index in [4.69, 9.17) is 0 Å². The van der Waals surface area contributed by atoms with Crippen LogP contribution in [0.2, 0.25) is 0 Å². The molecule has 1 aromatic carbocycles. The van der Waals surface area contributed by atoms with Crippen molar-refractivity contribution in [2.24, 2.45) is 23.7 Å². The summed E-state index contributed by atoms with van der Waals surface area (Å²) in [6.45, 7) is 14.7. The van der Waals surface area contributed by atoms with E-state index in [1.165, 1.54) is 63.1 Å². The molecule has 4 heteroatoms. The van der Waals surface area contributed by atoms with E-state index >= 15 is 0 Å². The molecule has 2 bridgehead atoms. The van der Waals surface area contributed by atoms with Gasteiger partial charge in [-0.2, -0.15) is 0 Å². The van der Waals surface area contributed by atoms with Crippen molar-refractivity contribution in [3.05, 3.63) is 35.4 Å². The maximum atomic E-state index is 13.4. The molecule has 2 aliphatic carbocycles. The summed E-state index contributed by atoms with van der Waals surface area (Å²) in [5.74, 6) is 4.14. The van der Waals surface area contributed by atoms with Crippen molar-refractivity contribution in [3.63, 3.8) is 0 Å². The Morgan fingerprint density at radius 3 is 2.15 bits per heavy atom. The van der Waals surface area contributed by atoms with Gasteiger partial charge in [-0.1, -0.05) is 29.8 Å². The lowest BCUT2D eigenvalue weighted by Crippen LogP contribution is -2.51. The highest BCUT2D eigenvalue weighted by Crippen LogP contribution is 2.54. The number of nitrogens with zero attached hydrogens (tertiary/aromatic N) is 3. The maximum absolute atomic E-state index is 13.4. The minimum atomic E-state index is 0.449. The Kier molecular flexibility index (Phi) is 7.13. The Labute approximate surface area is 201 Å². The van der Waals surface area contributed by atoms with Crippen molar-refractivity contribution >= 4 is 5.91 Å². The summed E-state index contributed by atoms with van der Waals surface area (Å²) in [7, 11) is 0. The molecule has 2 saturated carbocycles. The van der Waals surface area contributed by atoms with Crippen molar-refractivity contribution in [1.29, 1.82) is 0 Å². The van der Waals surface area contributed by atoms with Crippen LogP contribution in [0.15, 0.2) is 24.3 Å². The summed E-state index contributed by atoms with van der Waals surface area (Å²) in [6, 6.07) is 9.70. The molecule has 4 atom stereocenters. The number of piperazine rings is 1. The topological polar surface area (TPSA) is 26.8 Å². The molecule has 4 nitrogen and oxygen atoms in total. The molecule has 33 heavy (non-hydrogen) atoms. The van der Waals surface area contributed by atoms with Crippen molar-refractivity contribution in [3.8, 4) is 0 Å². The number of hydrogen-bond donors (Lipinski definition) is 0. The SMILES string of the molecule is Cc1ccc(C2CCN(C(=O)CC3C(CN4CCN(C(C)C)CC4)C4CC[C@H]3C4)CC2)cc1. The van der Waals surface area contributed by atoms with Gasteiger partial charge in [0.05, 0.1) is 0 Å². The average molecular weight is 452 g/mol. The van der Waals surface area contributed by atoms with Gasteiger partial charge >= 0.3 is 0 Å². The first-order chi connectivity index (χ1) is 16.0. The Hall–Kier alpha value is -1.39. The molecule has 3 unspecified atom stereocenters. The number of amides is 1. The summed E-state index contributed by atoms with van der Waals surface area (Å²) >= 11 is 0. The van der Waals surface area contributed by atoms with Crippen LogP contribution in [0.4, 0.5) is 0 Å². The monoisotopic (exact) mass is 451 g/mol. The number of fused-ring (bicyclic) bond motifs is 2. The Morgan fingerprint density at radius 1 is 0.879 bits per heavy atom. The molecule has 2 heterocycles. The van der Waals surface area contributed by atoms with E-state index < -0.39 is 0 Å².